The summed E-state index contributed by atoms with van der Waals surface area (Å²) in [6.45, 7) is 3.88. The first-order chi connectivity index (χ1) is 9.61. The topological polar surface area (TPSA) is 29.5 Å². The van der Waals surface area contributed by atoms with E-state index in [0.29, 0.717) is 11.6 Å². The van der Waals surface area contributed by atoms with Gasteiger partial charge in [-0.25, -0.2) is 0 Å². The van der Waals surface area contributed by atoms with Crippen molar-refractivity contribution in [3.05, 3.63) is 34.9 Å². The first-order valence-corrected chi connectivity index (χ1v) is 7.62. The van der Waals surface area contributed by atoms with E-state index in [4.69, 9.17) is 28.6 Å². The molecule has 108 valence electrons. The van der Waals surface area contributed by atoms with E-state index in [-0.39, 0.29) is 11.9 Å². The molecule has 3 nitrogen and oxygen atoms in total. The Morgan fingerprint density at radius 3 is 2.50 bits per heavy atom. The highest BCUT2D eigenvalue weighted by Gasteiger charge is 2.27. The summed E-state index contributed by atoms with van der Waals surface area (Å²) in [6.07, 6.45) is 1.60. The fourth-order valence-corrected chi connectivity index (χ4v) is 2.80. The van der Waals surface area contributed by atoms with E-state index in [1.807, 2.05) is 31.2 Å². The zero-order valence-electron chi connectivity index (χ0n) is 11.5. The first kappa shape index (κ1) is 15.3. The Morgan fingerprint density at radius 2 is 1.95 bits per heavy atom. The lowest BCUT2D eigenvalue weighted by Crippen LogP contribution is -2.40. The molecule has 1 fully saturated rings. The smallest absolute Gasteiger partial charge is 0.309 e. The third kappa shape index (κ3) is 3.70. The highest BCUT2D eigenvalue weighted by molar-refractivity contribution is 7.80. The number of ether oxygens (including phenoxy) is 1. The number of halogens is 1. The lowest BCUT2D eigenvalue weighted by Gasteiger charge is -2.32. The maximum atomic E-state index is 11.7. The number of nitrogens with zero attached hydrogens (tertiary/aromatic N) is 1. The van der Waals surface area contributed by atoms with Gasteiger partial charge in [-0.1, -0.05) is 36.0 Å². The summed E-state index contributed by atoms with van der Waals surface area (Å²) in [4.78, 5) is 14.7. The molecule has 1 heterocycles. The van der Waals surface area contributed by atoms with Gasteiger partial charge in [0.05, 0.1) is 12.5 Å². The normalized spacial score (nSPS) is 16.0. The molecule has 1 saturated heterocycles. The molecule has 0 radical (unpaired) electrons. The minimum atomic E-state index is -0.0791. The second-order valence-corrected chi connectivity index (χ2v) is 5.65. The summed E-state index contributed by atoms with van der Waals surface area (Å²) in [5.41, 5.74) is 0.999. The van der Waals surface area contributed by atoms with Crippen LogP contribution >= 0.6 is 23.8 Å². The van der Waals surface area contributed by atoms with Crippen LogP contribution < -0.4 is 0 Å². The van der Waals surface area contributed by atoms with Gasteiger partial charge in [0.1, 0.15) is 4.99 Å². The van der Waals surface area contributed by atoms with Crippen LogP contribution in [0.4, 0.5) is 0 Å². The number of esters is 1. The van der Waals surface area contributed by atoms with Gasteiger partial charge in [-0.2, -0.15) is 0 Å². The van der Waals surface area contributed by atoms with Crippen molar-refractivity contribution in [3.8, 4) is 0 Å². The Kier molecular flexibility index (Phi) is 5.38. The molecule has 1 aliphatic rings. The molecular weight excluding hydrogens is 294 g/mol. The summed E-state index contributed by atoms with van der Waals surface area (Å²) in [5, 5.41) is 0.706. The first-order valence-electron chi connectivity index (χ1n) is 6.83. The van der Waals surface area contributed by atoms with Crippen LogP contribution in [-0.4, -0.2) is 35.6 Å². The highest BCUT2D eigenvalue weighted by atomic mass is 35.5. The molecule has 5 heteroatoms. The van der Waals surface area contributed by atoms with E-state index in [2.05, 4.69) is 4.90 Å². The summed E-state index contributed by atoms with van der Waals surface area (Å²) in [7, 11) is 0. The second kappa shape index (κ2) is 7.04. The number of thiocarbonyl (C=S) groups is 1. The van der Waals surface area contributed by atoms with E-state index < -0.39 is 0 Å². The quantitative estimate of drug-likeness (QED) is 0.633. The third-order valence-electron chi connectivity index (χ3n) is 3.49. The van der Waals surface area contributed by atoms with Crippen LogP contribution in [0.5, 0.6) is 0 Å². The standard InChI is InChI=1S/C15H18ClNO2S/c1-2-19-15(18)12-7-9-17(10-8-12)14(20)11-3-5-13(16)6-4-11/h3-6,12H,2,7-10H2,1H3. The maximum absolute atomic E-state index is 11.7. The van der Waals surface area contributed by atoms with Gasteiger partial charge in [0, 0.05) is 23.7 Å². The SMILES string of the molecule is CCOC(=O)C1CCN(C(=S)c2ccc(Cl)cc2)CC1. The number of benzene rings is 1. The minimum absolute atomic E-state index is 0.0132. The number of carbonyl (C=O) groups excluding carboxylic acids is 1. The summed E-state index contributed by atoms with van der Waals surface area (Å²) in [5.74, 6) is -0.0659. The van der Waals surface area contributed by atoms with Crippen LogP contribution in [0.15, 0.2) is 24.3 Å². The summed E-state index contributed by atoms with van der Waals surface area (Å²) in [6, 6.07) is 7.55. The average molecular weight is 312 g/mol. The Bertz CT molecular complexity index is 481. The van der Waals surface area contributed by atoms with Crippen LogP contribution in [0, 0.1) is 5.92 Å². The Labute approximate surface area is 129 Å². The minimum Gasteiger partial charge on any atom is -0.466 e. The van der Waals surface area contributed by atoms with E-state index in [1.165, 1.54) is 0 Å². The lowest BCUT2D eigenvalue weighted by molar-refractivity contribution is -0.149. The Morgan fingerprint density at radius 1 is 1.35 bits per heavy atom. The maximum Gasteiger partial charge on any atom is 0.309 e. The van der Waals surface area contributed by atoms with Gasteiger partial charge < -0.3 is 9.64 Å². The van der Waals surface area contributed by atoms with Crippen molar-refractivity contribution in [2.75, 3.05) is 19.7 Å². The van der Waals surface area contributed by atoms with Gasteiger partial charge in [-0.05, 0) is 31.9 Å². The number of hydrogen-bond donors (Lipinski definition) is 0. The van der Waals surface area contributed by atoms with Crippen LogP contribution in [0.2, 0.25) is 5.02 Å². The average Bonchev–Trinajstić information content (AvgIpc) is 2.48. The van der Waals surface area contributed by atoms with Crippen molar-refractivity contribution in [2.45, 2.75) is 19.8 Å². The Hall–Kier alpha value is -1.13. The molecule has 20 heavy (non-hydrogen) atoms. The largest absolute Gasteiger partial charge is 0.466 e. The highest BCUT2D eigenvalue weighted by Crippen LogP contribution is 2.21. The van der Waals surface area contributed by atoms with Crippen molar-refractivity contribution in [3.63, 3.8) is 0 Å². The number of carbonyl (C=O) groups is 1. The number of likely N-dealkylation sites (tertiary alicyclic amines) is 1. The van der Waals surface area contributed by atoms with E-state index in [9.17, 15) is 4.79 Å². The molecule has 1 aromatic carbocycles. The Balaban J connectivity index is 1.92. The van der Waals surface area contributed by atoms with Crippen LogP contribution in [0.3, 0.4) is 0 Å². The molecule has 1 aliphatic heterocycles. The molecule has 0 aromatic heterocycles. The van der Waals surface area contributed by atoms with Crippen molar-refractivity contribution >= 4 is 34.8 Å². The van der Waals surface area contributed by atoms with E-state index >= 15 is 0 Å². The number of rotatable bonds is 3. The molecule has 0 aliphatic carbocycles. The van der Waals surface area contributed by atoms with Gasteiger partial charge in [0.25, 0.3) is 0 Å². The predicted octanol–water partition coefficient (Wildman–Crippen LogP) is 3.29. The van der Waals surface area contributed by atoms with Gasteiger partial charge >= 0.3 is 5.97 Å². The molecule has 0 unspecified atom stereocenters. The van der Waals surface area contributed by atoms with Gasteiger partial charge in [-0.15, -0.1) is 0 Å². The molecule has 0 bridgehead atoms. The fourth-order valence-electron chi connectivity index (χ4n) is 2.35. The van der Waals surface area contributed by atoms with Crippen LogP contribution in [-0.2, 0) is 9.53 Å². The molecule has 0 spiro atoms. The van der Waals surface area contributed by atoms with E-state index in [1.54, 1.807) is 0 Å². The molecule has 0 atom stereocenters. The van der Waals surface area contributed by atoms with Gasteiger partial charge in [0.2, 0.25) is 0 Å². The molecule has 0 amide bonds. The zero-order chi connectivity index (χ0) is 14.5. The van der Waals surface area contributed by atoms with Crippen molar-refractivity contribution in [2.24, 2.45) is 5.92 Å². The van der Waals surface area contributed by atoms with Crippen LogP contribution in [0.1, 0.15) is 25.3 Å². The second-order valence-electron chi connectivity index (χ2n) is 4.83. The van der Waals surface area contributed by atoms with Crippen molar-refractivity contribution in [1.29, 1.82) is 0 Å². The number of piperidine rings is 1. The molecule has 0 saturated carbocycles. The lowest BCUT2D eigenvalue weighted by atomic mass is 9.96. The molecule has 2 rings (SSSR count). The van der Waals surface area contributed by atoms with Gasteiger partial charge in [-0.3, -0.25) is 4.79 Å². The zero-order valence-corrected chi connectivity index (χ0v) is 13.0. The third-order valence-corrected chi connectivity index (χ3v) is 4.24. The van der Waals surface area contributed by atoms with Crippen LogP contribution in [0.25, 0.3) is 0 Å². The molecule has 1 aromatic rings. The monoisotopic (exact) mass is 311 g/mol. The van der Waals surface area contributed by atoms with Crippen molar-refractivity contribution in [1.82, 2.24) is 4.90 Å². The fraction of sp³-hybridized carbons (Fsp3) is 0.467. The number of hydrogen-bond acceptors (Lipinski definition) is 3. The summed E-state index contributed by atoms with van der Waals surface area (Å²) >= 11 is 11.4. The van der Waals surface area contributed by atoms with E-state index in [0.717, 1.165) is 36.5 Å². The molecular formula is C15H18ClNO2S. The molecule has 0 N–H and O–H groups in total. The van der Waals surface area contributed by atoms with Gasteiger partial charge in [0.15, 0.2) is 0 Å². The van der Waals surface area contributed by atoms with Crippen molar-refractivity contribution < 1.29 is 9.53 Å². The predicted molar refractivity (Wildman–Crippen MR) is 84.1 cm³/mol. The summed E-state index contributed by atoms with van der Waals surface area (Å²) < 4.78 is 5.07.